The van der Waals surface area contributed by atoms with Crippen LogP contribution in [0.2, 0.25) is 0 Å². The molecule has 0 saturated heterocycles. The van der Waals surface area contributed by atoms with Gasteiger partial charge < -0.3 is 9.63 Å². The number of nitrogens with zero attached hydrogens (tertiary/aromatic N) is 2. The highest BCUT2D eigenvalue weighted by molar-refractivity contribution is 7.98. The van der Waals surface area contributed by atoms with Gasteiger partial charge in [-0.15, -0.1) is 0 Å². The van der Waals surface area contributed by atoms with Crippen LogP contribution in [0, 0.1) is 20.8 Å². The summed E-state index contributed by atoms with van der Waals surface area (Å²) in [5.74, 6) is 0.319. The van der Waals surface area contributed by atoms with Crippen molar-refractivity contribution in [2.45, 2.75) is 31.6 Å². The molecule has 6 heteroatoms. The van der Waals surface area contributed by atoms with E-state index in [9.17, 15) is 9.90 Å². The second-order valence-electron chi connectivity index (χ2n) is 4.28. The lowest BCUT2D eigenvalue weighted by Crippen LogP contribution is -2.05. The lowest BCUT2D eigenvalue weighted by Gasteiger charge is -2.08. The van der Waals surface area contributed by atoms with Crippen LogP contribution in [-0.4, -0.2) is 21.2 Å². The number of thioether (sulfide) groups is 1. The van der Waals surface area contributed by atoms with Gasteiger partial charge in [-0.25, -0.2) is 9.78 Å². The molecule has 0 saturated carbocycles. The van der Waals surface area contributed by atoms with Crippen molar-refractivity contribution in [3.8, 4) is 0 Å². The predicted molar refractivity (Wildman–Crippen MR) is 71.5 cm³/mol. The third-order valence-electron chi connectivity index (χ3n) is 2.56. The van der Waals surface area contributed by atoms with Gasteiger partial charge in [0.2, 0.25) is 0 Å². The number of hydrogen-bond acceptors (Lipinski definition) is 5. The lowest BCUT2D eigenvalue weighted by atomic mass is 10.1. The maximum absolute atomic E-state index is 11.3. The van der Waals surface area contributed by atoms with E-state index in [1.54, 1.807) is 13.0 Å². The second kappa shape index (κ2) is 5.44. The Bertz CT molecular complexity index is 622. The molecule has 0 bridgehead atoms. The maximum Gasteiger partial charge on any atom is 0.338 e. The van der Waals surface area contributed by atoms with Crippen LogP contribution in [0.1, 0.15) is 33.1 Å². The van der Waals surface area contributed by atoms with Gasteiger partial charge >= 0.3 is 5.97 Å². The summed E-state index contributed by atoms with van der Waals surface area (Å²) < 4.78 is 4.98. The van der Waals surface area contributed by atoms with E-state index in [1.807, 2.05) is 19.9 Å². The second-order valence-corrected chi connectivity index (χ2v) is 5.25. The molecular weight excluding hydrogens is 264 g/mol. The molecule has 2 heterocycles. The van der Waals surface area contributed by atoms with Crippen LogP contribution in [-0.2, 0) is 5.75 Å². The van der Waals surface area contributed by atoms with Gasteiger partial charge in [-0.3, -0.25) is 0 Å². The summed E-state index contributed by atoms with van der Waals surface area (Å²) in [6.45, 7) is 5.45. The highest BCUT2D eigenvalue weighted by atomic mass is 32.2. The molecule has 5 nitrogen and oxygen atoms in total. The minimum absolute atomic E-state index is 0.260. The molecule has 0 aliphatic rings. The van der Waals surface area contributed by atoms with E-state index in [0.717, 1.165) is 22.7 Å². The number of carboxylic acid groups (broad SMARTS) is 1. The van der Waals surface area contributed by atoms with Crippen LogP contribution in [0.5, 0.6) is 0 Å². The summed E-state index contributed by atoms with van der Waals surface area (Å²) in [4.78, 5) is 15.6. The van der Waals surface area contributed by atoms with Gasteiger partial charge in [0.05, 0.1) is 11.3 Å². The van der Waals surface area contributed by atoms with Gasteiger partial charge in [-0.1, -0.05) is 16.9 Å². The van der Waals surface area contributed by atoms with E-state index in [2.05, 4.69) is 10.1 Å². The van der Waals surface area contributed by atoms with Crippen molar-refractivity contribution in [2.75, 3.05) is 0 Å². The molecule has 0 aliphatic carbocycles. The zero-order valence-corrected chi connectivity index (χ0v) is 11.7. The van der Waals surface area contributed by atoms with Gasteiger partial charge in [-0.2, -0.15) is 0 Å². The Morgan fingerprint density at radius 1 is 1.37 bits per heavy atom. The first kappa shape index (κ1) is 13.6. The van der Waals surface area contributed by atoms with E-state index in [0.29, 0.717) is 10.8 Å². The first-order valence-electron chi connectivity index (χ1n) is 5.74. The Kier molecular flexibility index (Phi) is 3.90. The zero-order valence-electron chi connectivity index (χ0n) is 10.9. The van der Waals surface area contributed by atoms with Gasteiger partial charge in [-0.05, 0) is 32.4 Å². The van der Waals surface area contributed by atoms with Crippen LogP contribution >= 0.6 is 11.8 Å². The lowest BCUT2D eigenvalue weighted by molar-refractivity contribution is 0.0691. The summed E-state index contributed by atoms with van der Waals surface area (Å²) in [6, 6.07) is 3.60. The minimum atomic E-state index is -0.955. The molecule has 0 atom stereocenters. The Balaban J connectivity index is 2.26. The minimum Gasteiger partial charge on any atom is -0.478 e. The van der Waals surface area contributed by atoms with E-state index >= 15 is 0 Å². The average Bonchev–Trinajstić information content (AvgIpc) is 2.71. The largest absolute Gasteiger partial charge is 0.478 e. The quantitative estimate of drug-likeness (QED) is 0.866. The summed E-state index contributed by atoms with van der Waals surface area (Å²) in [6.07, 6.45) is 0. The van der Waals surface area contributed by atoms with Crippen molar-refractivity contribution in [1.29, 1.82) is 0 Å². The molecule has 0 spiro atoms. The number of aromatic nitrogens is 2. The van der Waals surface area contributed by atoms with Crippen molar-refractivity contribution in [2.24, 2.45) is 0 Å². The number of hydrogen-bond donors (Lipinski definition) is 1. The monoisotopic (exact) mass is 278 g/mol. The van der Waals surface area contributed by atoms with Crippen molar-refractivity contribution in [1.82, 2.24) is 10.1 Å². The molecule has 100 valence electrons. The third-order valence-corrected chi connectivity index (χ3v) is 3.57. The highest BCUT2D eigenvalue weighted by Gasteiger charge is 2.16. The van der Waals surface area contributed by atoms with Gasteiger partial charge in [0.1, 0.15) is 10.8 Å². The molecule has 2 rings (SSSR count). The number of rotatable bonds is 4. The predicted octanol–water partition coefficient (Wildman–Crippen LogP) is 2.99. The molecule has 19 heavy (non-hydrogen) atoms. The van der Waals surface area contributed by atoms with Gasteiger partial charge in [0, 0.05) is 17.5 Å². The van der Waals surface area contributed by atoms with E-state index in [4.69, 9.17) is 4.52 Å². The van der Waals surface area contributed by atoms with E-state index < -0.39 is 5.97 Å². The summed E-state index contributed by atoms with van der Waals surface area (Å²) in [5, 5.41) is 13.6. The average molecular weight is 278 g/mol. The molecule has 0 aliphatic heterocycles. The van der Waals surface area contributed by atoms with Crippen LogP contribution in [0.4, 0.5) is 0 Å². The van der Waals surface area contributed by atoms with Crippen LogP contribution in [0.25, 0.3) is 0 Å². The summed E-state index contributed by atoms with van der Waals surface area (Å²) >= 11 is 1.36. The van der Waals surface area contributed by atoms with Crippen molar-refractivity contribution in [3.63, 3.8) is 0 Å². The molecule has 0 unspecified atom stereocenters. The fourth-order valence-corrected chi connectivity index (χ4v) is 2.82. The Morgan fingerprint density at radius 2 is 2.11 bits per heavy atom. The molecule has 0 fully saturated rings. The standard InChI is InChI=1S/C13H14N2O3S/c1-7-4-8(2)14-12(11(7)13(16)17)19-6-10-5-9(3)18-15-10/h4-5H,6H2,1-3H3,(H,16,17). The van der Waals surface area contributed by atoms with E-state index in [-0.39, 0.29) is 5.56 Å². The molecule has 0 aromatic carbocycles. The summed E-state index contributed by atoms with van der Waals surface area (Å²) in [5.41, 5.74) is 2.57. The van der Waals surface area contributed by atoms with Crippen LogP contribution in [0.15, 0.2) is 21.7 Å². The fourth-order valence-electron chi connectivity index (χ4n) is 1.80. The molecule has 2 aromatic rings. The van der Waals surface area contributed by atoms with Crippen molar-refractivity contribution < 1.29 is 14.4 Å². The number of aryl methyl sites for hydroxylation is 3. The number of carboxylic acids is 1. The maximum atomic E-state index is 11.3. The van der Waals surface area contributed by atoms with Crippen molar-refractivity contribution in [3.05, 3.63) is 40.4 Å². The SMILES string of the molecule is Cc1cc(C)c(C(=O)O)c(SCc2cc(C)on2)n1. The van der Waals surface area contributed by atoms with Gasteiger partial charge in [0.15, 0.2) is 0 Å². The highest BCUT2D eigenvalue weighted by Crippen LogP contribution is 2.27. The normalized spacial score (nSPS) is 10.7. The zero-order chi connectivity index (χ0) is 14.0. The van der Waals surface area contributed by atoms with E-state index in [1.165, 1.54) is 11.8 Å². The molecule has 1 N–H and O–H groups in total. The molecular formula is C13H14N2O3S. The third kappa shape index (κ3) is 3.14. The number of pyridine rings is 1. The fraction of sp³-hybridized carbons (Fsp3) is 0.308. The first-order chi connectivity index (χ1) is 8.97. The first-order valence-corrected chi connectivity index (χ1v) is 6.72. The Hall–Kier alpha value is -1.82. The topological polar surface area (TPSA) is 76.2 Å². The molecule has 0 amide bonds. The van der Waals surface area contributed by atoms with Crippen LogP contribution < -0.4 is 0 Å². The Labute approximate surface area is 115 Å². The number of carbonyl (C=O) groups is 1. The van der Waals surface area contributed by atoms with Crippen LogP contribution in [0.3, 0.4) is 0 Å². The Morgan fingerprint density at radius 3 is 2.68 bits per heavy atom. The number of aromatic carboxylic acids is 1. The molecule has 2 aromatic heterocycles. The van der Waals surface area contributed by atoms with Crippen molar-refractivity contribution >= 4 is 17.7 Å². The molecule has 0 radical (unpaired) electrons. The van der Waals surface area contributed by atoms with Gasteiger partial charge in [0.25, 0.3) is 0 Å². The smallest absolute Gasteiger partial charge is 0.338 e. The summed E-state index contributed by atoms with van der Waals surface area (Å²) in [7, 11) is 0.